The van der Waals surface area contributed by atoms with Crippen molar-refractivity contribution in [3.05, 3.63) is 0 Å². The number of phosphoric acid groups is 2. The average molecular weight is 1400 g/mol. The van der Waals surface area contributed by atoms with Crippen molar-refractivity contribution in [1.82, 2.24) is 0 Å². The molecule has 19 heteroatoms. The molecule has 3 unspecified atom stereocenters. The third kappa shape index (κ3) is 69.0. The summed E-state index contributed by atoms with van der Waals surface area (Å²) in [4.78, 5) is 72.5. The maximum Gasteiger partial charge on any atom is 0.472 e. The van der Waals surface area contributed by atoms with Crippen molar-refractivity contribution >= 4 is 39.5 Å². The first-order valence-electron chi connectivity index (χ1n) is 39.7. The van der Waals surface area contributed by atoms with E-state index in [9.17, 15) is 43.2 Å². The van der Waals surface area contributed by atoms with Crippen LogP contribution in [0.4, 0.5) is 0 Å². The van der Waals surface area contributed by atoms with Crippen molar-refractivity contribution in [2.24, 2.45) is 5.92 Å². The number of hydrogen-bond acceptors (Lipinski definition) is 15. The Labute approximate surface area is 581 Å². The highest BCUT2D eigenvalue weighted by atomic mass is 31.2. The van der Waals surface area contributed by atoms with Crippen LogP contribution in [-0.4, -0.2) is 96.7 Å². The number of phosphoric ester groups is 2. The summed E-state index contributed by atoms with van der Waals surface area (Å²) in [5.74, 6) is -1.36. The summed E-state index contributed by atoms with van der Waals surface area (Å²) in [5, 5.41) is 10.6. The molecule has 0 spiro atoms. The fraction of sp³-hybridized carbons (Fsp3) is 0.947. The maximum atomic E-state index is 13.1. The van der Waals surface area contributed by atoms with E-state index in [0.717, 1.165) is 102 Å². The number of carbonyl (C=O) groups excluding carboxylic acids is 4. The van der Waals surface area contributed by atoms with E-state index in [2.05, 4.69) is 34.6 Å². The Bertz CT molecular complexity index is 1820. The maximum absolute atomic E-state index is 13.1. The summed E-state index contributed by atoms with van der Waals surface area (Å²) in [6, 6.07) is 0. The first kappa shape index (κ1) is 93.1. The molecule has 0 aromatic rings. The molecule has 0 fully saturated rings. The SMILES string of the molecule is CCCCCCCCCCCCCCCCCCCCCCC(=O)O[C@H](COC(=O)CCCCCCCCCCCCCCCCCCCC)COP(=O)(O)OC[C@@H](O)COP(=O)(O)OC[C@@H](COC(=O)CCCCCCC)OC(=O)CCCCCCCCCCC(C)CC. The van der Waals surface area contributed by atoms with E-state index in [1.165, 1.54) is 218 Å². The number of esters is 4. The lowest BCUT2D eigenvalue weighted by Gasteiger charge is -2.21. The lowest BCUT2D eigenvalue weighted by Crippen LogP contribution is -2.30. The molecule has 0 heterocycles. The summed E-state index contributed by atoms with van der Waals surface area (Å²) in [5.41, 5.74) is 0. The van der Waals surface area contributed by atoms with Gasteiger partial charge in [0.15, 0.2) is 12.2 Å². The number of hydrogen-bond donors (Lipinski definition) is 3. The first-order valence-corrected chi connectivity index (χ1v) is 42.7. The molecule has 0 radical (unpaired) electrons. The molecule has 0 saturated carbocycles. The summed E-state index contributed by atoms with van der Waals surface area (Å²) >= 11 is 0. The van der Waals surface area contributed by atoms with Crippen molar-refractivity contribution < 1.29 is 80.2 Å². The van der Waals surface area contributed by atoms with Crippen LogP contribution in [0.5, 0.6) is 0 Å². The van der Waals surface area contributed by atoms with Crippen molar-refractivity contribution in [2.45, 2.75) is 419 Å². The minimum Gasteiger partial charge on any atom is -0.462 e. The van der Waals surface area contributed by atoms with Crippen LogP contribution in [0.15, 0.2) is 0 Å². The van der Waals surface area contributed by atoms with Crippen LogP contribution in [-0.2, 0) is 65.4 Å². The molecule has 0 aromatic carbocycles. The van der Waals surface area contributed by atoms with Gasteiger partial charge in [0, 0.05) is 25.7 Å². The van der Waals surface area contributed by atoms with Gasteiger partial charge in [0.1, 0.15) is 19.3 Å². The zero-order chi connectivity index (χ0) is 69.8. The Hall–Kier alpha value is -1.94. The van der Waals surface area contributed by atoms with Gasteiger partial charge in [0.25, 0.3) is 0 Å². The van der Waals surface area contributed by atoms with E-state index in [1.54, 1.807) is 0 Å². The van der Waals surface area contributed by atoms with Crippen molar-refractivity contribution in [1.29, 1.82) is 0 Å². The quantitative estimate of drug-likeness (QED) is 0.0222. The van der Waals surface area contributed by atoms with Crippen LogP contribution in [0.25, 0.3) is 0 Å². The topological polar surface area (TPSA) is 237 Å². The minimum absolute atomic E-state index is 0.104. The Balaban J connectivity index is 5.13. The monoisotopic (exact) mass is 1400 g/mol. The van der Waals surface area contributed by atoms with E-state index in [-0.39, 0.29) is 25.7 Å². The smallest absolute Gasteiger partial charge is 0.462 e. The number of unbranched alkanes of at least 4 members (excludes halogenated alkanes) is 47. The largest absolute Gasteiger partial charge is 0.472 e. The molecule has 0 rings (SSSR count). The highest BCUT2D eigenvalue weighted by molar-refractivity contribution is 7.47. The summed E-state index contributed by atoms with van der Waals surface area (Å²) < 4.78 is 68.3. The van der Waals surface area contributed by atoms with Gasteiger partial charge in [-0.05, 0) is 31.6 Å². The van der Waals surface area contributed by atoms with E-state index in [0.29, 0.717) is 25.7 Å². The normalized spacial score (nSPS) is 14.2. The molecule has 0 bridgehead atoms. The summed E-state index contributed by atoms with van der Waals surface area (Å²) in [6.07, 6.45) is 58.8. The standard InChI is InChI=1S/C76H148O17P2/c1-6-10-13-16-18-20-22-24-26-28-30-31-33-35-37-39-41-46-51-56-61-75(80)93-72(66-87-74(79)60-55-50-45-40-38-36-34-32-29-27-25-23-21-19-17-14-11-7-2)68-91-95(84,85)89-64-70(77)63-88-94(82,83)90-67-71(65-86-73(78)59-54-48-15-12-8-3)92-76(81)62-57-52-47-43-42-44-49-53-58-69(5)9-4/h69-72,77H,6-68H2,1-5H3,(H,82,83)(H,84,85)/t69?,70-,71+,72+/m0/s1. The Morgan fingerprint density at radius 2 is 0.505 bits per heavy atom. The van der Waals surface area contributed by atoms with Crippen molar-refractivity contribution in [2.75, 3.05) is 39.6 Å². The third-order valence-electron chi connectivity index (χ3n) is 18.1. The predicted octanol–water partition coefficient (Wildman–Crippen LogP) is 22.5. The van der Waals surface area contributed by atoms with Crippen LogP contribution in [0, 0.1) is 5.92 Å². The molecule has 0 amide bonds. The number of aliphatic hydroxyl groups is 1. The second kappa shape index (κ2) is 69.2. The van der Waals surface area contributed by atoms with Gasteiger partial charge in [-0.2, -0.15) is 0 Å². The molecular weight excluding hydrogens is 1250 g/mol. The van der Waals surface area contributed by atoms with Gasteiger partial charge in [-0.1, -0.05) is 349 Å². The molecule has 95 heavy (non-hydrogen) atoms. The van der Waals surface area contributed by atoms with Crippen LogP contribution >= 0.6 is 15.6 Å². The number of rotatable bonds is 76. The predicted molar refractivity (Wildman–Crippen MR) is 386 cm³/mol. The van der Waals surface area contributed by atoms with Crippen LogP contribution in [0.3, 0.4) is 0 Å². The minimum atomic E-state index is -4.96. The molecule has 6 atom stereocenters. The number of aliphatic hydroxyl groups excluding tert-OH is 1. The van der Waals surface area contributed by atoms with Gasteiger partial charge in [0.05, 0.1) is 26.4 Å². The van der Waals surface area contributed by atoms with Gasteiger partial charge < -0.3 is 33.8 Å². The molecule has 0 aliphatic rings. The lowest BCUT2D eigenvalue weighted by molar-refractivity contribution is -0.161. The highest BCUT2D eigenvalue weighted by Crippen LogP contribution is 2.45. The number of ether oxygens (including phenoxy) is 4. The second-order valence-corrected chi connectivity index (χ2v) is 30.5. The Morgan fingerprint density at radius 1 is 0.295 bits per heavy atom. The molecule has 17 nitrogen and oxygen atoms in total. The lowest BCUT2D eigenvalue weighted by atomic mass is 9.99. The number of carbonyl (C=O) groups is 4. The molecule has 0 aromatic heterocycles. The highest BCUT2D eigenvalue weighted by Gasteiger charge is 2.30. The Kier molecular flexibility index (Phi) is 67.7. The molecule has 564 valence electrons. The molecule has 0 saturated heterocycles. The zero-order valence-corrected chi connectivity index (χ0v) is 63.6. The van der Waals surface area contributed by atoms with Crippen LogP contribution < -0.4 is 0 Å². The van der Waals surface area contributed by atoms with E-state index >= 15 is 0 Å². The van der Waals surface area contributed by atoms with Gasteiger partial charge in [-0.3, -0.25) is 37.3 Å². The summed E-state index contributed by atoms with van der Waals surface area (Å²) in [6.45, 7) is 7.19. The van der Waals surface area contributed by atoms with Crippen molar-refractivity contribution in [3.63, 3.8) is 0 Å². The second-order valence-electron chi connectivity index (χ2n) is 27.6. The van der Waals surface area contributed by atoms with Gasteiger partial charge in [-0.25, -0.2) is 9.13 Å². The molecule has 0 aliphatic heterocycles. The fourth-order valence-electron chi connectivity index (χ4n) is 11.7. The third-order valence-corrected chi connectivity index (χ3v) is 20.0. The fourth-order valence-corrected chi connectivity index (χ4v) is 13.3. The molecular formula is C76H148O17P2. The van der Waals surface area contributed by atoms with Gasteiger partial charge >= 0.3 is 39.5 Å². The van der Waals surface area contributed by atoms with Gasteiger partial charge in [0.2, 0.25) is 0 Å². The average Bonchev–Trinajstić information content (AvgIpc) is 1.76. The van der Waals surface area contributed by atoms with Crippen LogP contribution in [0.2, 0.25) is 0 Å². The van der Waals surface area contributed by atoms with E-state index in [4.69, 9.17) is 37.0 Å². The van der Waals surface area contributed by atoms with E-state index in [1.807, 2.05) is 0 Å². The molecule has 0 aliphatic carbocycles. The first-order chi connectivity index (χ1) is 46.1. The molecule has 3 N–H and O–H groups in total. The summed E-state index contributed by atoms with van der Waals surface area (Å²) in [7, 11) is -9.90. The van der Waals surface area contributed by atoms with Gasteiger partial charge in [-0.15, -0.1) is 0 Å². The van der Waals surface area contributed by atoms with E-state index < -0.39 is 97.5 Å². The van der Waals surface area contributed by atoms with Crippen molar-refractivity contribution in [3.8, 4) is 0 Å². The van der Waals surface area contributed by atoms with Crippen LogP contribution in [0.1, 0.15) is 401 Å². The Morgan fingerprint density at radius 3 is 0.747 bits per heavy atom. The zero-order valence-electron chi connectivity index (χ0n) is 61.8.